The van der Waals surface area contributed by atoms with E-state index in [1.54, 1.807) is 29.4 Å². The summed E-state index contributed by atoms with van der Waals surface area (Å²) in [7, 11) is 0. The number of carbonyl (C=O) groups is 1. The number of carbonyl (C=O) groups excluding carboxylic acids is 1. The summed E-state index contributed by atoms with van der Waals surface area (Å²) in [6, 6.07) is 13.9. The average Bonchev–Trinajstić information content (AvgIpc) is 3.49. The fourth-order valence-electron chi connectivity index (χ4n) is 3.17. The van der Waals surface area contributed by atoms with E-state index >= 15 is 0 Å². The summed E-state index contributed by atoms with van der Waals surface area (Å²) in [6.07, 6.45) is 7.35. The van der Waals surface area contributed by atoms with Gasteiger partial charge in [0.2, 0.25) is 0 Å². The van der Waals surface area contributed by atoms with Gasteiger partial charge in [-0.1, -0.05) is 42.4 Å². The summed E-state index contributed by atoms with van der Waals surface area (Å²) in [5.74, 6) is 1.49. The van der Waals surface area contributed by atoms with Gasteiger partial charge in [0.25, 0.3) is 11.8 Å². The quantitative estimate of drug-likeness (QED) is 0.471. The molecule has 0 unspecified atom stereocenters. The van der Waals surface area contributed by atoms with Crippen molar-refractivity contribution < 1.29 is 9.32 Å². The molecule has 1 aromatic carbocycles. The van der Waals surface area contributed by atoms with E-state index in [0.29, 0.717) is 29.6 Å². The molecule has 1 amide bonds. The van der Waals surface area contributed by atoms with Gasteiger partial charge in [0.1, 0.15) is 17.8 Å². The highest BCUT2D eigenvalue weighted by Gasteiger charge is 2.15. The molecule has 0 spiro atoms. The number of aryl methyl sites for hydroxylation is 2. The molecule has 4 rings (SSSR count). The largest absolute Gasteiger partial charge is 0.348 e. The van der Waals surface area contributed by atoms with Crippen molar-refractivity contribution in [2.45, 2.75) is 39.2 Å². The Morgan fingerprint density at radius 3 is 2.81 bits per heavy atom. The number of nitrogens with zero attached hydrogens (tertiary/aromatic N) is 5. The van der Waals surface area contributed by atoms with Gasteiger partial charge in [0.05, 0.1) is 0 Å². The summed E-state index contributed by atoms with van der Waals surface area (Å²) in [6.45, 7) is 3.96. The molecule has 0 saturated heterocycles. The van der Waals surface area contributed by atoms with Gasteiger partial charge >= 0.3 is 0 Å². The Hall–Kier alpha value is -3.81. The Balaban J connectivity index is 1.40. The third-order valence-electron chi connectivity index (χ3n) is 4.94. The minimum absolute atomic E-state index is 0.0320. The Morgan fingerprint density at radius 2 is 2.03 bits per heavy atom. The maximum atomic E-state index is 12.6. The van der Waals surface area contributed by atoms with Crippen LogP contribution in [0.25, 0.3) is 17.3 Å². The van der Waals surface area contributed by atoms with Crippen LogP contribution in [0.2, 0.25) is 0 Å². The van der Waals surface area contributed by atoms with Crippen molar-refractivity contribution in [3.05, 3.63) is 78.3 Å². The summed E-state index contributed by atoms with van der Waals surface area (Å²) >= 11 is 0. The minimum Gasteiger partial charge on any atom is -0.348 e. The lowest BCUT2D eigenvalue weighted by molar-refractivity contribution is 0.0934. The zero-order valence-corrected chi connectivity index (χ0v) is 17.5. The second kappa shape index (κ2) is 9.34. The molecule has 0 aliphatic carbocycles. The first-order valence-electron chi connectivity index (χ1n) is 10.3. The van der Waals surface area contributed by atoms with Gasteiger partial charge < -0.3 is 9.84 Å². The van der Waals surface area contributed by atoms with Gasteiger partial charge in [0.15, 0.2) is 5.82 Å². The lowest BCUT2D eigenvalue weighted by atomic mass is 10.1. The van der Waals surface area contributed by atoms with Crippen LogP contribution in [0.1, 0.15) is 42.1 Å². The van der Waals surface area contributed by atoms with Crippen LogP contribution in [0.15, 0.2) is 65.7 Å². The van der Waals surface area contributed by atoms with Crippen molar-refractivity contribution >= 4 is 5.91 Å². The number of hydrogen-bond acceptors (Lipinski definition) is 6. The Bertz CT molecular complexity index is 1150. The average molecular weight is 416 g/mol. The molecule has 8 heteroatoms. The molecular formula is C23H24N6O2. The van der Waals surface area contributed by atoms with Gasteiger partial charge in [0, 0.05) is 30.4 Å². The fraction of sp³-hybridized carbons (Fsp3) is 0.261. The van der Waals surface area contributed by atoms with Crippen molar-refractivity contribution in [3.63, 3.8) is 0 Å². The number of benzene rings is 1. The van der Waals surface area contributed by atoms with E-state index in [0.717, 1.165) is 18.4 Å². The first-order chi connectivity index (χ1) is 15.1. The molecule has 0 bridgehead atoms. The predicted octanol–water partition coefficient (Wildman–Crippen LogP) is 3.63. The molecule has 0 aliphatic heterocycles. The lowest BCUT2D eigenvalue weighted by Crippen LogP contribution is -2.33. The van der Waals surface area contributed by atoms with Crippen LogP contribution in [0.5, 0.6) is 0 Å². The standard InChI is InChI=1S/C23H24N6O2/c1-3-20-27-23(31-28-20)18-11-12-24-21(13-18)29-14-19(25-15-29)22(30)26-16(2)9-10-17-7-5-4-6-8-17/h4-8,11-16H,3,9-10H2,1-2H3,(H,26,30)/t16-/m1/s1. The highest BCUT2D eigenvalue weighted by molar-refractivity contribution is 5.92. The number of aromatic nitrogens is 5. The smallest absolute Gasteiger partial charge is 0.271 e. The van der Waals surface area contributed by atoms with E-state index in [2.05, 4.69) is 37.6 Å². The van der Waals surface area contributed by atoms with E-state index in [1.165, 1.54) is 5.56 Å². The fourth-order valence-corrected chi connectivity index (χ4v) is 3.17. The molecule has 8 nitrogen and oxygen atoms in total. The molecule has 3 aromatic heterocycles. The molecule has 1 atom stereocenters. The van der Waals surface area contributed by atoms with E-state index in [-0.39, 0.29) is 11.9 Å². The molecule has 0 aliphatic rings. The van der Waals surface area contributed by atoms with Crippen LogP contribution in [0, 0.1) is 0 Å². The second-order valence-corrected chi connectivity index (χ2v) is 7.34. The Morgan fingerprint density at radius 1 is 1.19 bits per heavy atom. The molecule has 31 heavy (non-hydrogen) atoms. The number of imidazole rings is 1. The summed E-state index contributed by atoms with van der Waals surface area (Å²) in [4.78, 5) is 25.5. The van der Waals surface area contributed by atoms with Crippen LogP contribution in [-0.4, -0.2) is 36.6 Å². The summed E-state index contributed by atoms with van der Waals surface area (Å²) < 4.78 is 7.00. The molecule has 0 radical (unpaired) electrons. The van der Waals surface area contributed by atoms with E-state index in [4.69, 9.17) is 4.52 Å². The van der Waals surface area contributed by atoms with Crippen molar-refractivity contribution in [2.75, 3.05) is 0 Å². The topological polar surface area (TPSA) is 98.7 Å². The van der Waals surface area contributed by atoms with Gasteiger partial charge in [-0.25, -0.2) is 9.97 Å². The van der Waals surface area contributed by atoms with Crippen molar-refractivity contribution in [1.29, 1.82) is 0 Å². The maximum absolute atomic E-state index is 12.6. The van der Waals surface area contributed by atoms with Gasteiger partial charge in [-0.05, 0) is 37.5 Å². The Kier molecular flexibility index (Phi) is 6.16. The highest BCUT2D eigenvalue weighted by atomic mass is 16.5. The maximum Gasteiger partial charge on any atom is 0.271 e. The van der Waals surface area contributed by atoms with Gasteiger partial charge in [-0.15, -0.1) is 0 Å². The van der Waals surface area contributed by atoms with Crippen LogP contribution >= 0.6 is 0 Å². The van der Waals surface area contributed by atoms with Crippen molar-refractivity contribution in [2.24, 2.45) is 0 Å². The predicted molar refractivity (Wildman–Crippen MR) is 116 cm³/mol. The number of hydrogen-bond donors (Lipinski definition) is 1. The Labute approximate surface area is 180 Å². The minimum atomic E-state index is -0.208. The molecule has 3 heterocycles. The normalized spacial score (nSPS) is 11.9. The number of pyridine rings is 1. The van der Waals surface area contributed by atoms with E-state index in [1.807, 2.05) is 38.1 Å². The zero-order valence-electron chi connectivity index (χ0n) is 17.5. The number of nitrogens with one attached hydrogen (secondary N) is 1. The summed E-state index contributed by atoms with van der Waals surface area (Å²) in [5, 5.41) is 6.93. The molecule has 4 aromatic rings. The van der Waals surface area contributed by atoms with Crippen LogP contribution in [0.4, 0.5) is 0 Å². The van der Waals surface area contributed by atoms with E-state index in [9.17, 15) is 4.79 Å². The van der Waals surface area contributed by atoms with Crippen LogP contribution in [0.3, 0.4) is 0 Å². The lowest BCUT2D eigenvalue weighted by Gasteiger charge is -2.12. The third kappa shape index (κ3) is 5.03. The van der Waals surface area contributed by atoms with Crippen LogP contribution < -0.4 is 5.32 Å². The second-order valence-electron chi connectivity index (χ2n) is 7.34. The molecule has 158 valence electrons. The van der Waals surface area contributed by atoms with Gasteiger partial charge in [-0.2, -0.15) is 4.98 Å². The first kappa shape index (κ1) is 20.5. The molecule has 0 fully saturated rings. The third-order valence-corrected chi connectivity index (χ3v) is 4.94. The number of amides is 1. The zero-order chi connectivity index (χ0) is 21.6. The molecule has 1 N–H and O–H groups in total. The monoisotopic (exact) mass is 416 g/mol. The first-order valence-corrected chi connectivity index (χ1v) is 10.3. The number of rotatable bonds is 8. The summed E-state index contributed by atoms with van der Waals surface area (Å²) in [5.41, 5.74) is 2.35. The SMILES string of the molecule is CCc1noc(-c2ccnc(-n3cnc(C(=O)N[C@H](C)CCc4ccccc4)c3)c2)n1. The van der Waals surface area contributed by atoms with E-state index < -0.39 is 0 Å². The van der Waals surface area contributed by atoms with Crippen LogP contribution in [-0.2, 0) is 12.8 Å². The molecule has 0 saturated carbocycles. The molecular weight excluding hydrogens is 392 g/mol. The van der Waals surface area contributed by atoms with Crippen molar-refractivity contribution in [1.82, 2.24) is 30.0 Å². The highest BCUT2D eigenvalue weighted by Crippen LogP contribution is 2.19. The van der Waals surface area contributed by atoms with Gasteiger partial charge in [-0.3, -0.25) is 9.36 Å². The van der Waals surface area contributed by atoms with Crippen molar-refractivity contribution in [3.8, 4) is 17.3 Å².